The summed E-state index contributed by atoms with van der Waals surface area (Å²) in [7, 11) is 0. The van der Waals surface area contributed by atoms with Gasteiger partial charge in [-0.1, -0.05) is 45.0 Å². The first kappa shape index (κ1) is 25.5. The van der Waals surface area contributed by atoms with Crippen molar-refractivity contribution in [3.8, 4) is 11.3 Å². The fraction of sp³-hybridized carbons (Fsp3) is 0.517. The van der Waals surface area contributed by atoms with Gasteiger partial charge in [-0.2, -0.15) is 0 Å². The summed E-state index contributed by atoms with van der Waals surface area (Å²) in [6.07, 6.45) is 6.82. The van der Waals surface area contributed by atoms with Gasteiger partial charge in [0.2, 0.25) is 0 Å². The molecule has 3 N–H and O–H groups in total. The second kappa shape index (κ2) is 10.3. The molecule has 1 saturated heterocycles. The Bertz CT molecular complexity index is 1330. The van der Waals surface area contributed by atoms with E-state index in [1.54, 1.807) is 6.33 Å². The highest BCUT2D eigenvalue weighted by Gasteiger charge is 2.29. The van der Waals surface area contributed by atoms with Crippen LogP contribution in [-0.4, -0.2) is 69.3 Å². The molecule has 1 aliphatic carbocycles. The molecule has 37 heavy (non-hydrogen) atoms. The number of fused-ring (bicyclic) bond motifs is 3. The number of benzene rings is 1. The SMILES string of the molecule is Cc1cc(-c2ncnc3[nH]c4c(c23)CCC(N2CCNCC2)C4)ccc1[C@@H](C)/C=N/C(=N\O)C(C)(C)C. The lowest BCUT2D eigenvalue weighted by atomic mass is 9.89. The number of hydrogen-bond acceptors (Lipinski definition) is 6. The molecule has 5 rings (SSSR count). The van der Waals surface area contributed by atoms with Crippen molar-refractivity contribution in [2.75, 3.05) is 26.2 Å². The second-order valence-corrected chi connectivity index (χ2v) is 11.5. The summed E-state index contributed by atoms with van der Waals surface area (Å²) in [4.78, 5) is 20.1. The summed E-state index contributed by atoms with van der Waals surface area (Å²) >= 11 is 0. The van der Waals surface area contributed by atoms with Crippen LogP contribution in [0.15, 0.2) is 34.7 Å². The number of amidine groups is 1. The van der Waals surface area contributed by atoms with Crippen LogP contribution >= 0.6 is 0 Å². The summed E-state index contributed by atoms with van der Waals surface area (Å²) in [5.74, 6) is 0.508. The number of piperazine rings is 1. The fourth-order valence-corrected chi connectivity index (χ4v) is 5.78. The van der Waals surface area contributed by atoms with Crippen molar-refractivity contribution < 1.29 is 5.21 Å². The number of H-pyrrole nitrogens is 1. The molecule has 0 saturated carbocycles. The van der Waals surface area contributed by atoms with Crippen LogP contribution in [0, 0.1) is 12.3 Å². The van der Waals surface area contributed by atoms with E-state index in [1.807, 2.05) is 27.0 Å². The number of nitrogens with one attached hydrogen (secondary N) is 2. The number of aryl methyl sites for hydroxylation is 2. The van der Waals surface area contributed by atoms with E-state index in [2.05, 4.69) is 62.4 Å². The van der Waals surface area contributed by atoms with Crippen LogP contribution in [0.5, 0.6) is 0 Å². The second-order valence-electron chi connectivity index (χ2n) is 11.5. The van der Waals surface area contributed by atoms with Crippen molar-refractivity contribution in [3.05, 3.63) is 46.9 Å². The van der Waals surface area contributed by atoms with Gasteiger partial charge in [-0.25, -0.2) is 15.0 Å². The zero-order valence-electron chi connectivity index (χ0n) is 22.7. The van der Waals surface area contributed by atoms with Gasteiger partial charge in [0.25, 0.3) is 0 Å². The molecule has 1 aromatic carbocycles. The molecule has 2 aliphatic rings. The quantitative estimate of drug-likeness (QED) is 0.208. The molecular formula is C29H39N7O. The fourth-order valence-electron chi connectivity index (χ4n) is 5.78. The highest BCUT2D eigenvalue weighted by atomic mass is 16.4. The molecule has 3 aromatic rings. The maximum atomic E-state index is 9.35. The van der Waals surface area contributed by atoms with Crippen molar-refractivity contribution in [1.29, 1.82) is 0 Å². The largest absolute Gasteiger partial charge is 0.409 e. The Morgan fingerprint density at radius 2 is 2.00 bits per heavy atom. The van der Waals surface area contributed by atoms with Crippen LogP contribution in [-0.2, 0) is 12.8 Å². The third kappa shape index (κ3) is 5.18. The molecule has 0 radical (unpaired) electrons. The zero-order valence-corrected chi connectivity index (χ0v) is 22.7. The Kier molecular flexibility index (Phi) is 7.14. The minimum Gasteiger partial charge on any atom is -0.409 e. The smallest absolute Gasteiger partial charge is 0.172 e. The van der Waals surface area contributed by atoms with E-state index in [9.17, 15) is 5.21 Å². The Morgan fingerprint density at radius 1 is 1.22 bits per heavy atom. The lowest BCUT2D eigenvalue weighted by Gasteiger charge is -2.37. The minimum atomic E-state index is -0.317. The highest BCUT2D eigenvalue weighted by Crippen LogP contribution is 2.36. The van der Waals surface area contributed by atoms with E-state index in [4.69, 9.17) is 4.98 Å². The number of hydrogen-bond donors (Lipinski definition) is 3. The van der Waals surface area contributed by atoms with Gasteiger partial charge in [-0.15, -0.1) is 0 Å². The lowest BCUT2D eigenvalue weighted by molar-refractivity contribution is 0.158. The molecule has 0 amide bonds. The first-order chi connectivity index (χ1) is 17.8. The summed E-state index contributed by atoms with van der Waals surface area (Å²) < 4.78 is 0. The van der Waals surface area contributed by atoms with Crippen LogP contribution in [0.2, 0.25) is 0 Å². The Morgan fingerprint density at radius 3 is 2.70 bits per heavy atom. The number of oxime groups is 1. The van der Waals surface area contributed by atoms with Crippen molar-refractivity contribution in [1.82, 2.24) is 25.2 Å². The van der Waals surface area contributed by atoms with Crippen LogP contribution in [0.1, 0.15) is 62.4 Å². The van der Waals surface area contributed by atoms with Crippen LogP contribution in [0.3, 0.4) is 0 Å². The van der Waals surface area contributed by atoms with Gasteiger partial charge < -0.3 is 15.5 Å². The predicted octanol–water partition coefficient (Wildman–Crippen LogP) is 4.70. The van der Waals surface area contributed by atoms with Gasteiger partial charge >= 0.3 is 0 Å². The van der Waals surface area contributed by atoms with Gasteiger partial charge in [0.15, 0.2) is 5.84 Å². The predicted molar refractivity (Wildman–Crippen MR) is 150 cm³/mol. The topological polar surface area (TPSA) is 102 Å². The van der Waals surface area contributed by atoms with Crippen LogP contribution < -0.4 is 5.32 Å². The molecule has 1 aliphatic heterocycles. The molecule has 0 spiro atoms. The highest BCUT2D eigenvalue weighted by molar-refractivity contribution is 5.95. The van der Waals surface area contributed by atoms with E-state index in [1.165, 1.54) is 34.2 Å². The normalized spacial score (nSPS) is 20.5. The number of aliphatic imine (C=N–C) groups is 1. The van der Waals surface area contributed by atoms with E-state index in [-0.39, 0.29) is 11.3 Å². The third-order valence-corrected chi connectivity index (χ3v) is 7.84. The number of aromatic amines is 1. The lowest BCUT2D eigenvalue weighted by Crippen LogP contribution is -2.50. The van der Waals surface area contributed by atoms with Crippen LogP contribution in [0.4, 0.5) is 0 Å². The maximum Gasteiger partial charge on any atom is 0.172 e. The first-order valence-electron chi connectivity index (χ1n) is 13.4. The molecule has 2 aromatic heterocycles. The average molecular weight is 502 g/mol. The molecule has 8 nitrogen and oxygen atoms in total. The molecule has 1 fully saturated rings. The van der Waals surface area contributed by atoms with E-state index in [0.717, 1.165) is 55.9 Å². The summed E-state index contributed by atoms with van der Waals surface area (Å²) in [6, 6.07) is 7.14. The maximum absolute atomic E-state index is 9.35. The minimum absolute atomic E-state index is 0.0838. The Balaban J connectivity index is 1.42. The number of nitrogens with zero attached hydrogens (tertiary/aromatic N) is 5. The molecular weight excluding hydrogens is 462 g/mol. The van der Waals surface area contributed by atoms with Gasteiger partial charge in [-0.05, 0) is 42.5 Å². The third-order valence-electron chi connectivity index (χ3n) is 7.84. The first-order valence-corrected chi connectivity index (χ1v) is 13.4. The van der Waals surface area contributed by atoms with Crippen molar-refractivity contribution in [2.24, 2.45) is 15.6 Å². The van der Waals surface area contributed by atoms with Gasteiger partial charge in [0.1, 0.15) is 12.0 Å². The number of rotatable bonds is 4. The van der Waals surface area contributed by atoms with Gasteiger partial charge in [0.05, 0.1) is 5.69 Å². The standard InChI is InChI=1S/C29H39N7O/c1-18-14-20(6-8-22(18)19(2)16-31-28(35-37)29(3,4)5)26-25-23-9-7-21(36-12-10-30-11-13-36)15-24(23)34-27(25)33-17-32-26/h6,8,14,16-17,19,21,30,37H,7,9-13,15H2,1-5H3,(H,32,33,34)/b31-16+,35-28-/t19-,21?/m0/s1. The van der Waals surface area contributed by atoms with E-state index >= 15 is 0 Å². The van der Waals surface area contributed by atoms with Crippen molar-refractivity contribution in [2.45, 2.75) is 65.8 Å². The van der Waals surface area contributed by atoms with E-state index < -0.39 is 0 Å². The summed E-state index contributed by atoms with van der Waals surface area (Å²) in [6.45, 7) is 14.6. The molecule has 3 heterocycles. The summed E-state index contributed by atoms with van der Waals surface area (Å²) in [5.41, 5.74) is 7.82. The zero-order chi connectivity index (χ0) is 26.2. The molecule has 0 bridgehead atoms. The van der Waals surface area contributed by atoms with Crippen molar-refractivity contribution in [3.63, 3.8) is 0 Å². The molecule has 2 atom stereocenters. The van der Waals surface area contributed by atoms with Gasteiger partial charge in [-0.3, -0.25) is 4.90 Å². The molecule has 196 valence electrons. The molecule has 8 heteroatoms. The average Bonchev–Trinajstić information content (AvgIpc) is 3.26. The summed E-state index contributed by atoms with van der Waals surface area (Å²) in [5, 5.41) is 17.4. The monoisotopic (exact) mass is 501 g/mol. The Labute approximate surface area is 219 Å². The van der Waals surface area contributed by atoms with E-state index in [0.29, 0.717) is 11.9 Å². The number of aromatic nitrogens is 3. The van der Waals surface area contributed by atoms with Crippen LogP contribution in [0.25, 0.3) is 22.3 Å². The van der Waals surface area contributed by atoms with Crippen molar-refractivity contribution >= 4 is 23.1 Å². The molecule has 1 unspecified atom stereocenters. The van der Waals surface area contributed by atoms with Gasteiger partial charge in [0, 0.05) is 72.8 Å². The Hall–Kier alpha value is -3.10.